The van der Waals surface area contributed by atoms with Crippen LogP contribution in [0, 0.1) is 23.7 Å². The molecule has 0 N–H and O–H groups in total. The number of anilines is 3. The topological polar surface area (TPSA) is 16.4 Å². The van der Waals surface area contributed by atoms with E-state index in [4.69, 9.17) is 4.42 Å². The SMILES string of the molecule is c1ccc(-c2ccc(N(c3ccc4c(c3)-c3ccccc3C43C4CC5CC(C4)CC3C5)c3ccc4c(c3)oc3ccccc34)c3ccccc23)cc1. The molecule has 2 nitrogen and oxygen atoms in total. The second kappa shape index (κ2) is 10.7. The molecule has 250 valence electrons. The molecule has 8 aromatic rings. The Balaban J connectivity index is 1.10. The van der Waals surface area contributed by atoms with Crippen LogP contribution in [0.1, 0.15) is 43.2 Å². The van der Waals surface area contributed by atoms with Gasteiger partial charge in [0, 0.05) is 39.0 Å². The number of nitrogens with zero attached hydrogens (tertiary/aromatic N) is 1. The molecule has 0 atom stereocenters. The fraction of sp³-hybridized carbons (Fsp3) is 0.200. The van der Waals surface area contributed by atoms with Gasteiger partial charge in [0.05, 0.1) is 5.69 Å². The van der Waals surface area contributed by atoms with Crippen molar-refractivity contribution in [2.75, 3.05) is 4.90 Å². The van der Waals surface area contributed by atoms with E-state index in [1.165, 1.54) is 76.5 Å². The van der Waals surface area contributed by atoms with Crippen LogP contribution >= 0.6 is 0 Å². The van der Waals surface area contributed by atoms with Gasteiger partial charge >= 0.3 is 0 Å². The van der Waals surface area contributed by atoms with E-state index in [1.807, 2.05) is 0 Å². The molecule has 0 saturated heterocycles. The van der Waals surface area contributed by atoms with E-state index in [1.54, 1.807) is 11.1 Å². The Kier molecular flexibility index (Phi) is 5.98. The average molecular weight is 670 g/mol. The molecular formula is C50H39NO. The van der Waals surface area contributed by atoms with Crippen LogP contribution < -0.4 is 4.90 Å². The molecule has 0 unspecified atom stereocenters. The third-order valence-corrected chi connectivity index (χ3v) is 13.6. The van der Waals surface area contributed by atoms with E-state index in [0.717, 1.165) is 51.3 Å². The van der Waals surface area contributed by atoms with Crippen molar-refractivity contribution >= 4 is 49.8 Å². The zero-order valence-corrected chi connectivity index (χ0v) is 29.1. The van der Waals surface area contributed by atoms with Gasteiger partial charge in [-0.3, -0.25) is 0 Å². The Hall–Kier alpha value is -5.60. The van der Waals surface area contributed by atoms with Crippen molar-refractivity contribution in [3.8, 4) is 22.3 Å². The first-order valence-corrected chi connectivity index (χ1v) is 19.3. The van der Waals surface area contributed by atoms with Crippen molar-refractivity contribution in [1.82, 2.24) is 0 Å². The largest absolute Gasteiger partial charge is 0.456 e. The first-order valence-electron chi connectivity index (χ1n) is 19.3. The van der Waals surface area contributed by atoms with Crippen molar-refractivity contribution in [1.29, 1.82) is 0 Å². The van der Waals surface area contributed by atoms with E-state index in [0.29, 0.717) is 0 Å². The van der Waals surface area contributed by atoms with Gasteiger partial charge in [0.1, 0.15) is 11.2 Å². The molecule has 52 heavy (non-hydrogen) atoms. The average Bonchev–Trinajstić information content (AvgIpc) is 3.70. The van der Waals surface area contributed by atoms with Crippen LogP contribution in [-0.2, 0) is 5.41 Å². The molecule has 5 aliphatic carbocycles. The zero-order chi connectivity index (χ0) is 34.0. The summed E-state index contributed by atoms with van der Waals surface area (Å²) in [4.78, 5) is 2.48. The van der Waals surface area contributed by atoms with E-state index in [-0.39, 0.29) is 5.41 Å². The molecule has 0 aliphatic heterocycles. The summed E-state index contributed by atoms with van der Waals surface area (Å²) in [6.07, 6.45) is 7.05. The fourth-order valence-corrected chi connectivity index (χ4v) is 11.9. The summed E-state index contributed by atoms with van der Waals surface area (Å²) in [5.41, 5.74) is 14.0. The van der Waals surface area contributed by atoms with Crippen LogP contribution in [0.2, 0.25) is 0 Å². The monoisotopic (exact) mass is 669 g/mol. The number of para-hydroxylation sites is 1. The Morgan fingerprint density at radius 2 is 1.08 bits per heavy atom. The number of fused-ring (bicyclic) bond motifs is 7. The highest BCUT2D eigenvalue weighted by atomic mass is 16.3. The zero-order valence-electron chi connectivity index (χ0n) is 29.1. The summed E-state index contributed by atoms with van der Waals surface area (Å²) in [6.45, 7) is 0. The van der Waals surface area contributed by atoms with Gasteiger partial charge in [-0.25, -0.2) is 0 Å². The van der Waals surface area contributed by atoms with Crippen LogP contribution in [-0.4, -0.2) is 0 Å². The van der Waals surface area contributed by atoms with Gasteiger partial charge in [0.2, 0.25) is 0 Å². The Bertz CT molecular complexity index is 2690. The number of rotatable bonds is 4. The first-order chi connectivity index (χ1) is 25.7. The van der Waals surface area contributed by atoms with E-state index < -0.39 is 0 Å². The Morgan fingerprint density at radius 1 is 0.442 bits per heavy atom. The Labute approximate surface area is 304 Å². The van der Waals surface area contributed by atoms with Crippen LogP contribution in [0.15, 0.2) is 156 Å². The predicted octanol–water partition coefficient (Wildman–Crippen LogP) is 13.6. The number of hydrogen-bond donors (Lipinski definition) is 0. The van der Waals surface area contributed by atoms with E-state index in [2.05, 4.69) is 157 Å². The minimum atomic E-state index is 0.153. The maximum absolute atomic E-state index is 6.50. The van der Waals surface area contributed by atoms with Crippen LogP contribution in [0.4, 0.5) is 17.1 Å². The number of hydrogen-bond acceptors (Lipinski definition) is 2. The summed E-state index contributed by atoms with van der Waals surface area (Å²) in [5, 5.41) is 4.78. The maximum Gasteiger partial charge on any atom is 0.137 e. The lowest BCUT2D eigenvalue weighted by atomic mass is 9.43. The molecule has 1 aromatic heterocycles. The molecule has 4 fully saturated rings. The molecular weight excluding hydrogens is 631 g/mol. The summed E-state index contributed by atoms with van der Waals surface area (Å²) in [5.74, 6) is 3.36. The number of benzene rings is 7. The molecule has 2 heteroatoms. The summed E-state index contributed by atoms with van der Waals surface area (Å²) >= 11 is 0. The minimum Gasteiger partial charge on any atom is -0.456 e. The summed E-state index contributed by atoms with van der Waals surface area (Å²) < 4.78 is 6.50. The molecule has 1 heterocycles. The van der Waals surface area contributed by atoms with Gasteiger partial charge < -0.3 is 9.32 Å². The molecule has 7 aromatic carbocycles. The second-order valence-corrected chi connectivity index (χ2v) is 16.1. The molecule has 13 rings (SSSR count). The number of furan rings is 1. The van der Waals surface area contributed by atoms with Gasteiger partial charge in [-0.1, -0.05) is 109 Å². The van der Waals surface area contributed by atoms with Crippen molar-refractivity contribution in [2.45, 2.75) is 37.5 Å². The van der Waals surface area contributed by atoms with Gasteiger partial charge in [0.15, 0.2) is 0 Å². The lowest BCUT2D eigenvalue weighted by Gasteiger charge is -2.61. The Morgan fingerprint density at radius 3 is 1.90 bits per heavy atom. The van der Waals surface area contributed by atoms with Gasteiger partial charge in [-0.05, 0) is 131 Å². The standard InChI is InChI=1S/C50H39NO/c1-2-10-33(11-3-1)38-21-23-47(41-14-5-4-12-39(38)41)51(37-18-20-43-42-15-7-9-17-48(42)52-49(43)30-37)36-19-22-46-44(29-36)40-13-6-8-16-45(40)50(46)34-25-31-24-32(27-34)28-35(50)26-31/h1-23,29-32,34-35H,24-28H2. The molecule has 4 saturated carbocycles. The van der Waals surface area contributed by atoms with Crippen molar-refractivity contribution in [3.63, 3.8) is 0 Å². The third kappa shape index (κ3) is 3.90. The second-order valence-electron chi connectivity index (χ2n) is 16.1. The van der Waals surface area contributed by atoms with Crippen molar-refractivity contribution in [2.24, 2.45) is 23.7 Å². The quantitative estimate of drug-likeness (QED) is 0.185. The van der Waals surface area contributed by atoms with Gasteiger partial charge in [0.25, 0.3) is 0 Å². The highest BCUT2D eigenvalue weighted by Gasteiger charge is 2.61. The van der Waals surface area contributed by atoms with Gasteiger partial charge in [-0.15, -0.1) is 0 Å². The van der Waals surface area contributed by atoms with Crippen molar-refractivity contribution in [3.05, 3.63) is 163 Å². The molecule has 0 amide bonds. The lowest BCUT2D eigenvalue weighted by molar-refractivity contribution is -0.0399. The minimum absolute atomic E-state index is 0.153. The molecule has 1 spiro atoms. The summed E-state index contributed by atoms with van der Waals surface area (Å²) in [7, 11) is 0. The summed E-state index contributed by atoms with van der Waals surface area (Å²) in [6, 6.07) is 56.4. The third-order valence-electron chi connectivity index (χ3n) is 13.6. The smallest absolute Gasteiger partial charge is 0.137 e. The predicted molar refractivity (Wildman–Crippen MR) is 215 cm³/mol. The molecule has 5 aliphatic rings. The molecule has 0 radical (unpaired) electrons. The van der Waals surface area contributed by atoms with Crippen LogP contribution in [0.5, 0.6) is 0 Å². The van der Waals surface area contributed by atoms with E-state index in [9.17, 15) is 0 Å². The van der Waals surface area contributed by atoms with Crippen LogP contribution in [0.3, 0.4) is 0 Å². The lowest BCUT2D eigenvalue weighted by Crippen LogP contribution is -2.55. The highest BCUT2D eigenvalue weighted by molar-refractivity contribution is 6.09. The maximum atomic E-state index is 6.50. The fourth-order valence-electron chi connectivity index (χ4n) is 11.9. The van der Waals surface area contributed by atoms with Gasteiger partial charge in [-0.2, -0.15) is 0 Å². The van der Waals surface area contributed by atoms with Crippen molar-refractivity contribution < 1.29 is 4.42 Å². The molecule has 4 bridgehead atoms. The first kappa shape index (κ1) is 29.0. The highest BCUT2D eigenvalue weighted by Crippen LogP contribution is 2.69. The van der Waals surface area contributed by atoms with E-state index >= 15 is 0 Å². The normalized spacial score (nSPS) is 23.8. The van der Waals surface area contributed by atoms with Crippen LogP contribution in [0.25, 0.3) is 55.0 Å².